The monoisotopic (exact) mass is 260 g/mol. The third-order valence-corrected chi connectivity index (χ3v) is 2.98. The van der Waals surface area contributed by atoms with Gasteiger partial charge in [-0.05, 0) is 24.3 Å². The van der Waals surface area contributed by atoms with Gasteiger partial charge in [0.15, 0.2) is 0 Å². The second-order valence-corrected chi connectivity index (χ2v) is 4.37. The fourth-order valence-corrected chi connectivity index (χ4v) is 2.02. The number of pyridine rings is 2. The van der Waals surface area contributed by atoms with Crippen molar-refractivity contribution in [1.82, 2.24) is 9.97 Å². The van der Waals surface area contributed by atoms with Gasteiger partial charge in [0.1, 0.15) is 6.29 Å². The summed E-state index contributed by atoms with van der Waals surface area (Å²) in [6.45, 7) is 0. The van der Waals surface area contributed by atoms with Gasteiger partial charge < -0.3 is 0 Å². The molecule has 3 heteroatoms. The Kier molecular flexibility index (Phi) is 3.33. The number of carbonyl (C=O) groups excluding carboxylic acids is 1. The number of hydrogen-bond donors (Lipinski definition) is 0. The average Bonchev–Trinajstić information content (AvgIpc) is 2.56. The van der Waals surface area contributed by atoms with Crippen LogP contribution in [0.25, 0.3) is 22.6 Å². The Labute approximate surface area is 117 Å². The van der Waals surface area contributed by atoms with Crippen LogP contribution in [0.3, 0.4) is 0 Å². The van der Waals surface area contributed by atoms with Gasteiger partial charge in [-0.3, -0.25) is 9.78 Å². The average molecular weight is 260 g/mol. The first-order chi connectivity index (χ1) is 9.86. The van der Waals surface area contributed by atoms with Crippen molar-refractivity contribution in [2.75, 3.05) is 0 Å². The van der Waals surface area contributed by atoms with Crippen molar-refractivity contribution in [2.45, 2.75) is 0 Å². The highest BCUT2D eigenvalue weighted by Crippen LogP contribution is 2.22. The minimum Gasteiger partial charge on any atom is -0.298 e. The number of hydrogen-bond acceptors (Lipinski definition) is 3. The van der Waals surface area contributed by atoms with Crippen LogP contribution in [0.4, 0.5) is 0 Å². The molecule has 2 heterocycles. The maximum atomic E-state index is 11.1. The van der Waals surface area contributed by atoms with Crippen molar-refractivity contribution in [3.63, 3.8) is 0 Å². The molecule has 0 bridgehead atoms. The predicted molar refractivity (Wildman–Crippen MR) is 78.3 cm³/mol. The van der Waals surface area contributed by atoms with Gasteiger partial charge >= 0.3 is 0 Å². The van der Waals surface area contributed by atoms with E-state index in [4.69, 9.17) is 0 Å². The molecule has 20 heavy (non-hydrogen) atoms. The number of rotatable bonds is 3. The van der Waals surface area contributed by atoms with Crippen molar-refractivity contribution in [3.8, 4) is 22.6 Å². The van der Waals surface area contributed by atoms with Crippen LogP contribution >= 0.6 is 0 Å². The van der Waals surface area contributed by atoms with Crippen LogP contribution in [0, 0.1) is 0 Å². The summed E-state index contributed by atoms with van der Waals surface area (Å²) in [5, 5.41) is 0. The zero-order chi connectivity index (χ0) is 13.8. The van der Waals surface area contributed by atoms with E-state index in [-0.39, 0.29) is 0 Å². The Morgan fingerprint density at radius 2 is 1.55 bits per heavy atom. The highest BCUT2D eigenvalue weighted by atomic mass is 16.1. The molecule has 3 aromatic rings. The van der Waals surface area contributed by atoms with Crippen LogP contribution in [-0.2, 0) is 0 Å². The van der Waals surface area contributed by atoms with E-state index in [1.807, 2.05) is 48.5 Å². The van der Waals surface area contributed by atoms with Crippen molar-refractivity contribution in [1.29, 1.82) is 0 Å². The Bertz CT molecular complexity index is 667. The van der Waals surface area contributed by atoms with E-state index in [9.17, 15) is 4.79 Å². The van der Waals surface area contributed by atoms with Crippen LogP contribution in [0.2, 0.25) is 0 Å². The molecule has 0 aliphatic carbocycles. The summed E-state index contributed by atoms with van der Waals surface area (Å²) < 4.78 is 0. The van der Waals surface area contributed by atoms with E-state index in [0.717, 1.165) is 23.2 Å². The fourth-order valence-electron chi connectivity index (χ4n) is 2.02. The molecule has 0 atom stereocenters. The molecule has 0 saturated carbocycles. The van der Waals surface area contributed by atoms with Gasteiger partial charge in [0, 0.05) is 17.3 Å². The van der Waals surface area contributed by atoms with Crippen LogP contribution < -0.4 is 0 Å². The highest BCUT2D eigenvalue weighted by molar-refractivity contribution is 5.80. The van der Waals surface area contributed by atoms with E-state index < -0.39 is 0 Å². The van der Waals surface area contributed by atoms with Gasteiger partial charge in [0.25, 0.3) is 0 Å². The second kappa shape index (κ2) is 5.45. The van der Waals surface area contributed by atoms with Crippen LogP contribution in [-0.4, -0.2) is 16.3 Å². The molecule has 0 radical (unpaired) electrons. The molecule has 1 aromatic carbocycles. The lowest BCUT2D eigenvalue weighted by atomic mass is 10.1. The minimum absolute atomic E-state index is 0.597. The summed E-state index contributed by atoms with van der Waals surface area (Å²) in [6, 6.07) is 19.0. The van der Waals surface area contributed by atoms with Gasteiger partial charge in [-0.25, -0.2) is 4.98 Å². The molecule has 0 aliphatic rings. The van der Waals surface area contributed by atoms with E-state index >= 15 is 0 Å². The Hall–Kier alpha value is -2.81. The SMILES string of the molecule is O=Cc1cc(-c2ccccc2)nc(-c2ccccn2)c1. The lowest BCUT2D eigenvalue weighted by molar-refractivity contribution is 0.112. The van der Waals surface area contributed by atoms with E-state index in [2.05, 4.69) is 9.97 Å². The summed E-state index contributed by atoms with van der Waals surface area (Å²) in [5.41, 5.74) is 3.81. The topological polar surface area (TPSA) is 42.9 Å². The summed E-state index contributed by atoms with van der Waals surface area (Å²) in [7, 11) is 0. The Balaban J connectivity index is 2.15. The quantitative estimate of drug-likeness (QED) is 0.675. The Morgan fingerprint density at radius 3 is 2.25 bits per heavy atom. The zero-order valence-corrected chi connectivity index (χ0v) is 10.7. The number of aromatic nitrogens is 2. The molecular formula is C17H12N2O. The molecule has 0 N–H and O–H groups in total. The van der Waals surface area contributed by atoms with E-state index in [0.29, 0.717) is 11.3 Å². The molecule has 3 rings (SSSR count). The second-order valence-electron chi connectivity index (χ2n) is 4.37. The summed E-state index contributed by atoms with van der Waals surface area (Å²) in [4.78, 5) is 20.0. The van der Waals surface area contributed by atoms with Gasteiger partial charge in [-0.2, -0.15) is 0 Å². The van der Waals surface area contributed by atoms with Gasteiger partial charge in [0.05, 0.1) is 17.1 Å². The first-order valence-corrected chi connectivity index (χ1v) is 6.31. The summed E-state index contributed by atoms with van der Waals surface area (Å²) in [6.07, 6.45) is 2.55. The van der Waals surface area contributed by atoms with E-state index in [1.54, 1.807) is 18.3 Å². The van der Waals surface area contributed by atoms with Gasteiger partial charge in [0.2, 0.25) is 0 Å². The van der Waals surface area contributed by atoms with Crippen molar-refractivity contribution >= 4 is 6.29 Å². The minimum atomic E-state index is 0.597. The third kappa shape index (κ3) is 2.47. The van der Waals surface area contributed by atoms with Crippen LogP contribution in [0.1, 0.15) is 10.4 Å². The Morgan fingerprint density at radius 1 is 0.800 bits per heavy atom. The first-order valence-electron chi connectivity index (χ1n) is 6.31. The maximum absolute atomic E-state index is 11.1. The summed E-state index contributed by atoms with van der Waals surface area (Å²) in [5.74, 6) is 0. The van der Waals surface area contributed by atoms with Crippen molar-refractivity contribution in [3.05, 3.63) is 72.4 Å². The molecule has 2 aromatic heterocycles. The third-order valence-electron chi connectivity index (χ3n) is 2.98. The van der Waals surface area contributed by atoms with Crippen molar-refractivity contribution in [2.24, 2.45) is 0 Å². The van der Waals surface area contributed by atoms with Crippen LogP contribution in [0.5, 0.6) is 0 Å². The smallest absolute Gasteiger partial charge is 0.150 e. The molecule has 0 amide bonds. The first kappa shape index (κ1) is 12.2. The summed E-state index contributed by atoms with van der Waals surface area (Å²) >= 11 is 0. The maximum Gasteiger partial charge on any atom is 0.150 e. The molecule has 0 aliphatic heterocycles. The molecular weight excluding hydrogens is 248 g/mol. The molecule has 3 nitrogen and oxygen atoms in total. The number of benzene rings is 1. The van der Waals surface area contributed by atoms with Crippen LogP contribution in [0.15, 0.2) is 66.9 Å². The van der Waals surface area contributed by atoms with Gasteiger partial charge in [-0.1, -0.05) is 36.4 Å². The predicted octanol–water partition coefficient (Wildman–Crippen LogP) is 3.62. The molecule has 0 saturated heterocycles. The van der Waals surface area contributed by atoms with Crippen molar-refractivity contribution < 1.29 is 4.79 Å². The number of carbonyl (C=O) groups is 1. The lowest BCUT2D eigenvalue weighted by Crippen LogP contribution is -1.93. The zero-order valence-electron chi connectivity index (χ0n) is 10.7. The standard InChI is InChI=1S/C17H12N2O/c20-12-13-10-16(14-6-2-1-3-7-14)19-17(11-13)15-8-4-5-9-18-15/h1-12H. The van der Waals surface area contributed by atoms with Gasteiger partial charge in [-0.15, -0.1) is 0 Å². The molecule has 0 fully saturated rings. The fraction of sp³-hybridized carbons (Fsp3) is 0. The molecule has 0 spiro atoms. The highest BCUT2D eigenvalue weighted by Gasteiger charge is 2.07. The number of aldehydes is 1. The lowest BCUT2D eigenvalue weighted by Gasteiger charge is -2.06. The van der Waals surface area contributed by atoms with E-state index in [1.165, 1.54) is 0 Å². The normalized spacial score (nSPS) is 10.2. The molecule has 0 unspecified atom stereocenters. The number of nitrogens with zero attached hydrogens (tertiary/aromatic N) is 2. The molecule has 96 valence electrons. The largest absolute Gasteiger partial charge is 0.298 e.